The highest BCUT2D eigenvalue weighted by molar-refractivity contribution is 9.10. The molecule has 0 bridgehead atoms. The predicted octanol–water partition coefficient (Wildman–Crippen LogP) is 3.25. The number of halogens is 1. The van der Waals surface area contributed by atoms with E-state index in [0.29, 0.717) is 12.0 Å². The van der Waals surface area contributed by atoms with Gasteiger partial charge >= 0.3 is 0 Å². The van der Waals surface area contributed by atoms with Gasteiger partial charge in [-0.2, -0.15) is 0 Å². The molecule has 0 radical (unpaired) electrons. The lowest BCUT2D eigenvalue weighted by atomic mass is 10.1. The Bertz CT molecular complexity index is 573. The minimum absolute atomic E-state index is 0.457. The third kappa shape index (κ3) is 2.56. The molecule has 1 aliphatic rings. The van der Waals surface area contributed by atoms with Crippen molar-refractivity contribution in [2.75, 3.05) is 17.7 Å². The van der Waals surface area contributed by atoms with Crippen LogP contribution >= 0.6 is 15.9 Å². The van der Waals surface area contributed by atoms with Crippen LogP contribution in [0, 0.1) is 0 Å². The maximum Gasteiger partial charge on any atom is 0.146 e. The van der Waals surface area contributed by atoms with Gasteiger partial charge < -0.3 is 10.6 Å². The van der Waals surface area contributed by atoms with Crippen molar-refractivity contribution < 1.29 is 0 Å². The van der Waals surface area contributed by atoms with Gasteiger partial charge in [-0.1, -0.05) is 30.3 Å². The molecular formula is C14H15BrN4. The molecular weight excluding hydrogens is 304 g/mol. The average molecular weight is 319 g/mol. The lowest BCUT2D eigenvalue weighted by Gasteiger charge is -2.09. The van der Waals surface area contributed by atoms with Crippen LogP contribution in [0.3, 0.4) is 0 Å². The van der Waals surface area contributed by atoms with Gasteiger partial charge in [0.15, 0.2) is 0 Å². The molecule has 0 spiro atoms. The molecule has 1 heterocycles. The first-order chi connectivity index (χ1) is 9.29. The topological polar surface area (TPSA) is 49.8 Å². The van der Waals surface area contributed by atoms with Crippen molar-refractivity contribution in [3.8, 4) is 0 Å². The molecule has 1 aromatic carbocycles. The van der Waals surface area contributed by atoms with Gasteiger partial charge in [0, 0.05) is 19.0 Å². The largest absolute Gasteiger partial charge is 0.372 e. The van der Waals surface area contributed by atoms with Gasteiger partial charge in [-0.3, -0.25) is 0 Å². The van der Waals surface area contributed by atoms with Crippen LogP contribution in [-0.4, -0.2) is 23.1 Å². The van der Waals surface area contributed by atoms with Crippen LogP contribution in [0.25, 0.3) is 0 Å². The van der Waals surface area contributed by atoms with Crippen molar-refractivity contribution in [2.24, 2.45) is 0 Å². The van der Waals surface area contributed by atoms with Crippen molar-refractivity contribution in [3.05, 3.63) is 46.7 Å². The molecule has 1 aromatic heterocycles. The van der Waals surface area contributed by atoms with E-state index in [9.17, 15) is 0 Å². The molecule has 4 nitrogen and oxygen atoms in total. The first-order valence-corrected chi connectivity index (χ1v) is 7.08. The zero-order valence-electron chi connectivity index (χ0n) is 10.6. The smallest absolute Gasteiger partial charge is 0.146 e. The second kappa shape index (κ2) is 5.17. The van der Waals surface area contributed by atoms with E-state index in [0.717, 1.165) is 22.5 Å². The number of benzene rings is 1. The summed E-state index contributed by atoms with van der Waals surface area (Å²) in [6.07, 6.45) is 2.72. The summed E-state index contributed by atoms with van der Waals surface area (Å²) < 4.78 is 0.885. The Kier molecular flexibility index (Phi) is 3.38. The zero-order chi connectivity index (χ0) is 13.2. The second-order valence-corrected chi connectivity index (χ2v) is 5.43. The normalized spacial score (nSPS) is 20.9. The Morgan fingerprint density at radius 3 is 2.63 bits per heavy atom. The van der Waals surface area contributed by atoms with Crippen LogP contribution in [0.4, 0.5) is 11.6 Å². The molecule has 3 rings (SSSR count). The van der Waals surface area contributed by atoms with Gasteiger partial charge in [0.1, 0.15) is 22.4 Å². The van der Waals surface area contributed by atoms with E-state index in [-0.39, 0.29) is 0 Å². The molecule has 2 N–H and O–H groups in total. The fraction of sp³-hybridized carbons (Fsp3) is 0.286. The van der Waals surface area contributed by atoms with Crippen LogP contribution in [0.2, 0.25) is 0 Å². The molecule has 0 aliphatic heterocycles. The van der Waals surface area contributed by atoms with Crippen molar-refractivity contribution in [2.45, 2.75) is 18.4 Å². The molecule has 2 atom stereocenters. The van der Waals surface area contributed by atoms with Crippen molar-refractivity contribution in [1.29, 1.82) is 0 Å². The Hall–Kier alpha value is -1.62. The van der Waals surface area contributed by atoms with Gasteiger partial charge in [-0.15, -0.1) is 0 Å². The molecule has 5 heteroatoms. The van der Waals surface area contributed by atoms with Crippen LogP contribution in [0.5, 0.6) is 0 Å². The molecule has 2 unspecified atom stereocenters. The van der Waals surface area contributed by atoms with Crippen LogP contribution in [0.15, 0.2) is 41.1 Å². The van der Waals surface area contributed by atoms with Gasteiger partial charge in [0.25, 0.3) is 0 Å². The van der Waals surface area contributed by atoms with E-state index in [2.05, 4.69) is 66.9 Å². The summed E-state index contributed by atoms with van der Waals surface area (Å²) in [5.74, 6) is 2.23. The molecule has 19 heavy (non-hydrogen) atoms. The summed E-state index contributed by atoms with van der Waals surface area (Å²) in [6, 6.07) is 11.0. The standard InChI is InChI=1S/C14H15BrN4/c1-16-13-12(15)14(18-8-17-13)19-11-7-10(11)9-5-3-2-4-6-9/h2-6,8,10-11H,7H2,1H3,(H2,16,17,18,19). The number of rotatable bonds is 4. The quantitative estimate of drug-likeness (QED) is 0.908. The van der Waals surface area contributed by atoms with E-state index in [1.54, 1.807) is 6.33 Å². The molecule has 1 saturated carbocycles. The monoisotopic (exact) mass is 318 g/mol. The molecule has 1 aliphatic carbocycles. The highest BCUT2D eigenvalue weighted by atomic mass is 79.9. The second-order valence-electron chi connectivity index (χ2n) is 4.64. The zero-order valence-corrected chi connectivity index (χ0v) is 12.2. The fourth-order valence-corrected chi connectivity index (χ4v) is 2.76. The first kappa shape index (κ1) is 12.4. The number of aromatic nitrogens is 2. The summed E-state index contributed by atoms with van der Waals surface area (Å²) in [4.78, 5) is 8.44. The van der Waals surface area contributed by atoms with Crippen molar-refractivity contribution in [3.63, 3.8) is 0 Å². The molecule has 2 aromatic rings. The number of anilines is 2. The van der Waals surface area contributed by atoms with E-state index < -0.39 is 0 Å². The Morgan fingerprint density at radius 1 is 1.16 bits per heavy atom. The maximum absolute atomic E-state index is 4.29. The molecule has 1 fully saturated rings. The van der Waals surface area contributed by atoms with Crippen LogP contribution in [0.1, 0.15) is 17.9 Å². The van der Waals surface area contributed by atoms with Gasteiger partial charge in [0.2, 0.25) is 0 Å². The van der Waals surface area contributed by atoms with E-state index in [4.69, 9.17) is 0 Å². The maximum atomic E-state index is 4.29. The lowest BCUT2D eigenvalue weighted by molar-refractivity contribution is 1.02. The SMILES string of the molecule is CNc1ncnc(NC2CC2c2ccccc2)c1Br. The Balaban J connectivity index is 1.71. The van der Waals surface area contributed by atoms with E-state index in [1.807, 2.05) is 7.05 Å². The molecule has 0 amide bonds. The first-order valence-electron chi connectivity index (χ1n) is 6.29. The summed E-state index contributed by atoms with van der Waals surface area (Å²) >= 11 is 3.52. The number of nitrogens with zero attached hydrogens (tertiary/aromatic N) is 2. The minimum atomic E-state index is 0.457. The van der Waals surface area contributed by atoms with Gasteiger partial charge in [-0.05, 0) is 27.9 Å². The van der Waals surface area contributed by atoms with Gasteiger partial charge in [-0.25, -0.2) is 9.97 Å². The van der Waals surface area contributed by atoms with Crippen LogP contribution < -0.4 is 10.6 Å². The Morgan fingerprint density at radius 2 is 1.89 bits per heavy atom. The summed E-state index contributed by atoms with van der Waals surface area (Å²) in [6.45, 7) is 0. The van der Waals surface area contributed by atoms with Crippen molar-refractivity contribution in [1.82, 2.24) is 9.97 Å². The van der Waals surface area contributed by atoms with E-state index in [1.165, 1.54) is 5.56 Å². The van der Waals surface area contributed by atoms with E-state index >= 15 is 0 Å². The third-order valence-corrected chi connectivity index (χ3v) is 4.12. The number of hydrogen-bond donors (Lipinski definition) is 2. The van der Waals surface area contributed by atoms with Crippen LogP contribution in [-0.2, 0) is 0 Å². The summed E-state index contributed by atoms with van der Waals surface area (Å²) in [5.41, 5.74) is 1.39. The van der Waals surface area contributed by atoms with Crippen molar-refractivity contribution >= 4 is 27.6 Å². The average Bonchev–Trinajstić information content (AvgIpc) is 3.21. The third-order valence-electron chi connectivity index (χ3n) is 3.37. The predicted molar refractivity (Wildman–Crippen MR) is 80.5 cm³/mol. The summed E-state index contributed by atoms with van der Waals surface area (Å²) in [5, 5.41) is 6.50. The lowest BCUT2D eigenvalue weighted by Crippen LogP contribution is -2.08. The Labute approximate surface area is 120 Å². The highest BCUT2D eigenvalue weighted by Crippen LogP contribution is 2.43. The summed E-state index contributed by atoms with van der Waals surface area (Å²) in [7, 11) is 1.85. The number of hydrogen-bond acceptors (Lipinski definition) is 4. The van der Waals surface area contributed by atoms with Gasteiger partial charge in [0.05, 0.1) is 0 Å². The number of nitrogens with one attached hydrogen (secondary N) is 2. The molecule has 0 saturated heterocycles. The minimum Gasteiger partial charge on any atom is -0.372 e. The highest BCUT2D eigenvalue weighted by Gasteiger charge is 2.38. The fourth-order valence-electron chi connectivity index (χ4n) is 2.24. The molecule has 98 valence electrons.